The molecule has 1 aromatic rings. The highest BCUT2D eigenvalue weighted by Crippen LogP contribution is 2.30. The summed E-state index contributed by atoms with van der Waals surface area (Å²) in [5.41, 5.74) is 0.827. The number of hydrogen-bond acceptors (Lipinski definition) is 5. The Labute approximate surface area is 143 Å². The van der Waals surface area contributed by atoms with Gasteiger partial charge in [0.25, 0.3) is 5.91 Å². The summed E-state index contributed by atoms with van der Waals surface area (Å²) in [5.74, 6) is -0.875. The molecule has 8 heteroatoms. The van der Waals surface area contributed by atoms with Crippen molar-refractivity contribution in [2.75, 3.05) is 19.7 Å². The molecule has 1 fully saturated rings. The van der Waals surface area contributed by atoms with E-state index in [9.17, 15) is 14.4 Å². The van der Waals surface area contributed by atoms with Gasteiger partial charge in [-0.1, -0.05) is 11.6 Å². The van der Waals surface area contributed by atoms with Gasteiger partial charge in [0, 0.05) is 18.1 Å². The minimum absolute atomic E-state index is 0.179. The topological polar surface area (TPSA) is 84.9 Å². The lowest BCUT2D eigenvalue weighted by Crippen LogP contribution is -2.43. The van der Waals surface area contributed by atoms with E-state index in [0.29, 0.717) is 23.7 Å². The fourth-order valence-corrected chi connectivity index (χ4v) is 2.93. The molecule has 3 amide bonds. The van der Waals surface area contributed by atoms with Gasteiger partial charge in [-0.25, -0.2) is 4.79 Å². The maximum absolute atomic E-state index is 12.3. The molecular formula is C16H17ClN2O5. The van der Waals surface area contributed by atoms with Crippen LogP contribution in [-0.4, -0.2) is 48.6 Å². The van der Waals surface area contributed by atoms with Crippen LogP contribution in [0.4, 0.5) is 4.79 Å². The van der Waals surface area contributed by atoms with Crippen LogP contribution in [0.25, 0.3) is 0 Å². The third kappa shape index (κ3) is 3.31. The highest BCUT2D eigenvalue weighted by Gasteiger charge is 2.34. The molecule has 0 spiro atoms. The van der Waals surface area contributed by atoms with Crippen molar-refractivity contribution in [3.8, 4) is 5.75 Å². The van der Waals surface area contributed by atoms with Crippen molar-refractivity contribution in [2.24, 2.45) is 5.92 Å². The van der Waals surface area contributed by atoms with Crippen LogP contribution in [0.2, 0.25) is 5.02 Å². The minimum Gasteiger partial charge on any atom is -0.492 e. The highest BCUT2D eigenvalue weighted by molar-refractivity contribution is 6.30. The van der Waals surface area contributed by atoms with Crippen LogP contribution in [-0.2, 0) is 20.7 Å². The number of esters is 1. The number of rotatable bonds is 3. The lowest BCUT2D eigenvalue weighted by molar-refractivity contribution is -0.162. The fourth-order valence-electron chi connectivity index (χ4n) is 2.74. The lowest BCUT2D eigenvalue weighted by atomic mass is 9.97. The van der Waals surface area contributed by atoms with E-state index in [1.165, 1.54) is 6.92 Å². The van der Waals surface area contributed by atoms with Crippen LogP contribution in [0.5, 0.6) is 5.75 Å². The van der Waals surface area contributed by atoms with Crippen molar-refractivity contribution in [1.29, 1.82) is 0 Å². The van der Waals surface area contributed by atoms with E-state index >= 15 is 0 Å². The molecule has 2 aliphatic rings. The van der Waals surface area contributed by atoms with E-state index in [-0.39, 0.29) is 13.2 Å². The van der Waals surface area contributed by atoms with E-state index in [1.807, 2.05) is 0 Å². The normalized spacial score (nSPS) is 20.7. The first-order valence-corrected chi connectivity index (χ1v) is 8.04. The molecule has 2 aliphatic heterocycles. The Morgan fingerprint density at radius 1 is 1.46 bits per heavy atom. The van der Waals surface area contributed by atoms with Gasteiger partial charge in [0.15, 0.2) is 6.10 Å². The van der Waals surface area contributed by atoms with Crippen LogP contribution >= 0.6 is 11.6 Å². The number of carbonyl (C=O) groups is 3. The highest BCUT2D eigenvalue weighted by atomic mass is 35.5. The van der Waals surface area contributed by atoms with Crippen molar-refractivity contribution in [3.05, 3.63) is 28.8 Å². The van der Waals surface area contributed by atoms with E-state index in [1.54, 1.807) is 18.2 Å². The van der Waals surface area contributed by atoms with Gasteiger partial charge in [0.2, 0.25) is 0 Å². The summed E-state index contributed by atoms with van der Waals surface area (Å²) >= 11 is 5.96. The van der Waals surface area contributed by atoms with Crippen molar-refractivity contribution in [1.82, 2.24) is 10.2 Å². The van der Waals surface area contributed by atoms with Gasteiger partial charge >= 0.3 is 12.0 Å². The second-order valence-electron chi connectivity index (χ2n) is 5.77. The molecule has 1 aromatic carbocycles. The molecule has 7 nitrogen and oxygen atoms in total. The number of hydrogen-bond donors (Lipinski definition) is 1. The number of carbonyl (C=O) groups excluding carboxylic acids is 3. The average molecular weight is 353 g/mol. The third-order valence-electron chi connectivity index (χ3n) is 4.03. The number of ether oxygens (including phenoxy) is 2. The standard InChI is InChI=1S/C16H17ClN2O5/c1-9(14(20)19-5-4-18-16(19)22)24-15(21)11-6-10-7-12(17)2-3-13(10)23-8-11/h2-3,7,9,11H,4-6,8H2,1H3,(H,18,22)/t9-,11-/m0/s1. The molecule has 0 aromatic heterocycles. The first kappa shape index (κ1) is 16.6. The van der Waals surface area contributed by atoms with Crippen molar-refractivity contribution in [2.45, 2.75) is 19.4 Å². The quantitative estimate of drug-likeness (QED) is 0.831. The molecule has 0 aliphatic carbocycles. The van der Waals surface area contributed by atoms with Crippen molar-refractivity contribution in [3.63, 3.8) is 0 Å². The van der Waals surface area contributed by atoms with Gasteiger partial charge in [0.05, 0.1) is 5.92 Å². The number of nitrogens with zero attached hydrogens (tertiary/aromatic N) is 1. The predicted octanol–water partition coefficient (Wildman–Crippen LogP) is 1.37. The summed E-state index contributed by atoms with van der Waals surface area (Å²) < 4.78 is 10.8. The Morgan fingerprint density at radius 2 is 2.25 bits per heavy atom. The molecule has 24 heavy (non-hydrogen) atoms. The summed E-state index contributed by atoms with van der Waals surface area (Å²) in [6, 6.07) is 4.77. The number of nitrogens with one attached hydrogen (secondary N) is 1. The molecule has 2 atom stereocenters. The molecule has 0 radical (unpaired) electrons. The fraction of sp³-hybridized carbons (Fsp3) is 0.438. The summed E-state index contributed by atoms with van der Waals surface area (Å²) in [5, 5.41) is 3.10. The molecule has 1 saturated heterocycles. The zero-order valence-corrected chi connectivity index (χ0v) is 13.8. The Morgan fingerprint density at radius 3 is 2.96 bits per heavy atom. The Bertz CT molecular complexity index is 693. The Hall–Kier alpha value is -2.28. The van der Waals surface area contributed by atoms with Gasteiger partial charge in [-0.15, -0.1) is 0 Å². The molecule has 0 saturated carbocycles. The van der Waals surface area contributed by atoms with Crippen LogP contribution in [0.1, 0.15) is 12.5 Å². The molecule has 128 valence electrons. The summed E-state index contributed by atoms with van der Waals surface area (Å²) in [6.07, 6.45) is -0.595. The Kier molecular flexibility index (Phi) is 4.62. The van der Waals surface area contributed by atoms with Crippen LogP contribution < -0.4 is 10.1 Å². The Balaban J connectivity index is 1.61. The zero-order chi connectivity index (χ0) is 17.3. The van der Waals surface area contributed by atoms with Gasteiger partial charge in [-0.2, -0.15) is 0 Å². The van der Waals surface area contributed by atoms with Crippen molar-refractivity contribution >= 4 is 29.5 Å². The van der Waals surface area contributed by atoms with Gasteiger partial charge in [0.1, 0.15) is 12.4 Å². The van der Waals surface area contributed by atoms with E-state index in [4.69, 9.17) is 21.1 Å². The largest absolute Gasteiger partial charge is 0.492 e. The maximum atomic E-state index is 12.3. The number of amides is 3. The molecular weight excluding hydrogens is 336 g/mol. The average Bonchev–Trinajstić information content (AvgIpc) is 2.99. The second kappa shape index (κ2) is 6.68. The van der Waals surface area contributed by atoms with Crippen molar-refractivity contribution < 1.29 is 23.9 Å². The molecule has 3 rings (SSSR count). The monoisotopic (exact) mass is 352 g/mol. The smallest absolute Gasteiger partial charge is 0.324 e. The number of imide groups is 1. The summed E-state index contributed by atoms with van der Waals surface area (Å²) in [6.45, 7) is 2.32. The number of urea groups is 1. The zero-order valence-electron chi connectivity index (χ0n) is 13.1. The SMILES string of the molecule is C[C@H](OC(=O)[C@@H]1COc2ccc(Cl)cc2C1)C(=O)N1CCNC1=O. The van der Waals surface area contributed by atoms with Gasteiger partial charge in [-0.05, 0) is 37.1 Å². The number of halogens is 1. The molecule has 2 heterocycles. The summed E-state index contributed by atoms with van der Waals surface area (Å²) in [4.78, 5) is 37.0. The van der Waals surface area contributed by atoms with E-state index in [0.717, 1.165) is 10.5 Å². The third-order valence-corrected chi connectivity index (χ3v) is 4.26. The van der Waals surface area contributed by atoms with E-state index in [2.05, 4.69) is 5.32 Å². The van der Waals surface area contributed by atoms with Crippen LogP contribution in [0.3, 0.4) is 0 Å². The molecule has 1 N–H and O–H groups in total. The second-order valence-corrected chi connectivity index (χ2v) is 6.20. The van der Waals surface area contributed by atoms with Gasteiger partial charge < -0.3 is 14.8 Å². The van der Waals surface area contributed by atoms with Gasteiger partial charge in [-0.3, -0.25) is 14.5 Å². The maximum Gasteiger partial charge on any atom is 0.324 e. The molecule has 0 unspecified atom stereocenters. The first-order valence-electron chi connectivity index (χ1n) is 7.66. The van der Waals surface area contributed by atoms with E-state index < -0.39 is 29.9 Å². The lowest BCUT2D eigenvalue weighted by Gasteiger charge is -2.26. The minimum atomic E-state index is -1.03. The number of benzene rings is 1. The molecule has 0 bridgehead atoms. The predicted molar refractivity (Wildman–Crippen MR) is 84.8 cm³/mol. The van der Waals surface area contributed by atoms with Crippen LogP contribution in [0, 0.1) is 5.92 Å². The first-order chi connectivity index (χ1) is 11.5. The summed E-state index contributed by atoms with van der Waals surface area (Å²) in [7, 11) is 0. The number of fused-ring (bicyclic) bond motifs is 1. The van der Waals surface area contributed by atoms with Crippen LogP contribution in [0.15, 0.2) is 18.2 Å².